The van der Waals surface area contributed by atoms with E-state index in [0.29, 0.717) is 36.7 Å². The van der Waals surface area contributed by atoms with Crippen molar-refractivity contribution in [3.63, 3.8) is 0 Å². The van der Waals surface area contributed by atoms with Gasteiger partial charge in [0.2, 0.25) is 5.89 Å². The number of carbonyl (C=O) groups is 1. The summed E-state index contributed by atoms with van der Waals surface area (Å²) in [6.07, 6.45) is -8.43. The van der Waals surface area contributed by atoms with Crippen LogP contribution < -0.4 is 5.73 Å². The molecule has 2 heterocycles. The first-order valence-corrected chi connectivity index (χ1v) is 9.26. The second kappa shape index (κ2) is 9.86. The minimum absolute atomic E-state index is 0.0446. The van der Waals surface area contributed by atoms with Gasteiger partial charge in [0.15, 0.2) is 0 Å². The van der Waals surface area contributed by atoms with Gasteiger partial charge in [0.25, 0.3) is 0 Å². The van der Waals surface area contributed by atoms with E-state index in [0.717, 1.165) is 19.2 Å². The van der Waals surface area contributed by atoms with E-state index in [2.05, 4.69) is 16.8 Å². The second-order valence-corrected chi connectivity index (χ2v) is 7.31. The first kappa shape index (κ1) is 25.6. The van der Waals surface area contributed by atoms with Crippen LogP contribution in [0.4, 0.5) is 30.7 Å². The number of carboxylic acids is 1. The van der Waals surface area contributed by atoms with Crippen LogP contribution in [0.15, 0.2) is 28.9 Å². The zero-order valence-corrected chi connectivity index (χ0v) is 16.7. The number of oxazole rings is 1. The van der Waals surface area contributed by atoms with Crippen LogP contribution in [-0.4, -0.2) is 46.8 Å². The molecule has 1 aromatic heterocycles. The molecule has 0 bridgehead atoms. The van der Waals surface area contributed by atoms with Crippen LogP contribution in [0.2, 0.25) is 0 Å². The van der Waals surface area contributed by atoms with Gasteiger partial charge in [-0.05, 0) is 36.6 Å². The van der Waals surface area contributed by atoms with Crippen molar-refractivity contribution < 1.29 is 45.1 Å². The number of hydrogen-bond donors (Lipinski definition) is 2. The molecule has 2 unspecified atom stereocenters. The molecular weight excluding hydrogens is 451 g/mol. The molecule has 3 rings (SSSR count). The van der Waals surface area contributed by atoms with E-state index < -0.39 is 29.7 Å². The van der Waals surface area contributed by atoms with Crippen LogP contribution in [0.5, 0.6) is 0 Å². The van der Waals surface area contributed by atoms with Crippen LogP contribution in [0.1, 0.15) is 18.2 Å². The maximum atomic E-state index is 13.4. The maximum absolute atomic E-state index is 13.4. The summed E-state index contributed by atoms with van der Waals surface area (Å²) < 4.78 is 88.9. The van der Waals surface area contributed by atoms with E-state index in [4.69, 9.17) is 20.1 Å². The van der Waals surface area contributed by atoms with Crippen LogP contribution in [0.25, 0.3) is 11.5 Å². The summed E-state index contributed by atoms with van der Waals surface area (Å²) >= 11 is 0. The number of nitrogens with zero attached hydrogens (tertiary/aromatic N) is 2. The van der Waals surface area contributed by atoms with Gasteiger partial charge in [0.05, 0.1) is 11.3 Å². The fourth-order valence-corrected chi connectivity index (χ4v) is 3.20. The lowest BCUT2D eigenvalue weighted by Gasteiger charge is -2.13. The Morgan fingerprint density at radius 3 is 2.38 bits per heavy atom. The van der Waals surface area contributed by atoms with Crippen LogP contribution in [0, 0.1) is 17.7 Å². The molecule has 0 saturated carbocycles. The molecular formula is C19H20F7N3O3. The highest BCUT2D eigenvalue weighted by molar-refractivity contribution is 5.73. The Hall–Kier alpha value is -2.67. The minimum Gasteiger partial charge on any atom is -0.475 e. The molecule has 32 heavy (non-hydrogen) atoms. The molecule has 2 aromatic rings. The Bertz CT molecular complexity index is 928. The molecule has 3 N–H and O–H groups in total. The van der Waals surface area contributed by atoms with E-state index >= 15 is 0 Å². The molecule has 6 nitrogen and oxygen atoms in total. The van der Waals surface area contributed by atoms with Gasteiger partial charge in [-0.25, -0.2) is 14.2 Å². The number of aliphatic carboxylic acids is 1. The lowest BCUT2D eigenvalue weighted by molar-refractivity contribution is -0.192. The van der Waals surface area contributed by atoms with Crippen molar-refractivity contribution in [2.24, 2.45) is 17.6 Å². The molecule has 0 amide bonds. The van der Waals surface area contributed by atoms with Crippen LogP contribution in [0.3, 0.4) is 0 Å². The monoisotopic (exact) mass is 471 g/mol. The zero-order chi connectivity index (χ0) is 24.3. The van der Waals surface area contributed by atoms with Crippen molar-refractivity contribution in [3.8, 4) is 11.5 Å². The first-order chi connectivity index (χ1) is 14.7. The molecule has 1 aromatic carbocycles. The number of benzene rings is 1. The number of alkyl halides is 6. The van der Waals surface area contributed by atoms with Crippen molar-refractivity contribution in [2.75, 3.05) is 19.6 Å². The number of halogens is 7. The lowest BCUT2D eigenvalue weighted by Crippen LogP contribution is -2.23. The fraction of sp³-hybridized carbons (Fsp3) is 0.474. The van der Waals surface area contributed by atoms with Crippen molar-refractivity contribution in [3.05, 3.63) is 41.5 Å². The van der Waals surface area contributed by atoms with Crippen molar-refractivity contribution in [1.82, 2.24) is 9.88 Å². The van der Waals surface area contributed by atoms with Crippen LogP contribution in [-0.2, 0) is 17.5 Å². The summed E-state index contributed by atoms with van der Waals surface area (Å²) in [7, 11) is 0. The molecule has 1 fully saturated rings. The number of nitrogens with two attached hydrogens (primary N) is 1. The van der Waals surface area contributed by atoms with E-state index in [1.165, 1.54) is 12.3 Å². The number of carboxylic acid groups (broad SMARTS) is 1. The number of rotatable bonds is 4. The van der Waals surface area contributed by atoms with E-state index in [1.54, 1.807) is 0 Å². The van der Waals surface area contributed by atoms with E-state index in [1.807, 2.05) is 0 Å². The van der Waals surface area contributed by atoms with Crippen molar-refractivity contribution in [1.29, 1.82) is 0 Å². The molecule has 178 valence electrons. The third kappa shape index (κ3) is 6.66. The molecule has 1 aliphatic heterocycles. The smallest absolute Gasteiger partial charge is 0.475 e. The summed E-state index contributed by atoms with van der Waals surface area (Å²) in [6, 6.07) is 2.71. The maximum Gasteiger partial charge on any atom is 0.490 e. The van der Waals surface area contributed by atoms with E-state index in [9.17, 15) is 30.7 Å². The average Bonchev–Trinajstić information content (AvgIpc) is 3.27. The standard InChI is InChI=1S/C17H19F4N3O.C2HF3O2/c1-10-6-24(7-12(10)5-22)8-13-9-25-16(23-13)11-2-3-15(18)14(4-11)17(19,20)21;3-2(4,5)1(6)7/h2-4,9-10,12H,5-8,22H2,1H3;(H,6,7). The molecule has 2 atom stereocenters. The Balaban J connectivity index is 0.000000451. The van der Waals surface area contributed by atoms with Gasteiger partial charge in [-0.1, -0.05) is 6.92 Å². The largest absolute Gasteiger partial charge is 0.490 e. The van der Waals surface area contributed by atoms with Crippen molar-refractivity contribution >= 4 is 5.97 Å². The summed E-state index contributed by atoms with van der Waals surface area (Å²) in [4.78, 5) is 15.3. The molecule has 13 heteroatoms. The Morgan fingerprint density at radius 1 is 1.25 bits per heavy atom. The number of hydrogen-bond acceptors (Lipinski definition) is 5. The van der Waals surface area contributed by atoms with E-state index in [-0.39, 0.29) is 11.5 Å². The molecule has 0 radical (unpaired) electrons. The Kier molecular flexibility index (Phi) is 7.88. The average molecular weight is 471 g/mol. The molecule has 1 aliphatic rings. The third-order valence-corrected chi connectivity index (χ3v) is 4.84. The Morgan fingerprint density at radius 2 is 1.88 bits per heavy atom. The summed E-state index contributed by atoms with van der Waals surface area (Å²) in [5.74, 6) is -3.11. The highest BCUT2D eigenvalue weighted by Gasteiger charge is 2.38. The summed E-state index contributed by atoms with van der Waals surface area (Å²) in [5.41, 5.74) is 5.12. The van der Waals surface area contributed by atoms with Gasteiger partial charge in [-0.3, -0.25) is 4.90 Å². The quantitative estimate of drug-likeness (QED) is 0.651. The second-order valence-electron chi connectivity index (χ2n) is 7.31. The normalized spacial score (nSPS) is 19.5. The van der Waals surface area contributed by atoms with Crippen LogP contribution >= 0.6 is 0 Å². The highest BCUT2D eigenvalue weighted by Crippen LogP contribution is 2.34. The van der Waals surface area contributed by atoms with Gasteiger partial charge >= 0.3 is 18.3 Å². The highest BCUT2D eigenvalue weighted by atomic mass is 19.4. The molecule has 0 spiro atoms. The number of aromatic nitrogens is 1. The number of likely N-dealkylation sites (tertiary alicyclic amines) is 1. The topological polar surface area (TPSA) is 92.6 Å². The molecule has 0 aliphatic carbocycles. The van der Waals surface area contributed by atoms with Gasteiger partial charge in [0, 0.05) is 25.2 Å². The SMILES string of the molecule is CC1CN(Cc2coc(-c3ccc(F)c(C(F)(F)F)c3)n2)CC1CN.O=C(O)C(F)(F)F. The third-order valence-electron chi connectivity index (χ3n) is 4.84. The lowest BCUT2D eigenvalue weighted by atomic mass is 9.99. The van der Waals surface area contributed by atoms with Gasteiger partial charge in [-0.15, -0.1) is 0 Å². The predicted octanol–water partition coefficient (Wildman–Crippen LogP) is 4.16. The van der Waals surface area contributed by atoms with Gasteiger partial charge in [-0.2, -0.15) is 26.3 Å². The predicted molar refractivity (Wildman–Crippen MR) is 97.6 cm³/mol. The summed E-state index contributed by atoms with van der Waals surface area (Å²) in [6.45, 7) is 5.05. The Labute approximate surface area is 177 Å². The van der Waals surface area contributed by atoms with Gasteiger partial charge < -0.3 is 15.3 Å². The fourth-order valence-electron chi connectivity index (χ4n) is 3.20. The molecule has 1 saturated heterocycles. The van der Waals surface area contributed by atoms with Gasteiger partial charge in [0.1, 0.15) is 12.1 Å². The van der Waals surface area contributed by atoms with Crippen molar-refractivity contribution in [2.45, 2.75) is 25.8 Å². The summed E-state index contributed by atoms with van der Waals surface area (Å²) in [5, 5.41) is 7.12. The minimum atomic E-state index is -5.08. The first-order valence-electron chi connectivity index (χ1n) is 9.26. The zero-order valence-electron chi connectivity index (χ0n) is 16.7.